The van der Waals surface area contributed by atoms with Gasteiger partial charge in [-0.15, -0.1) is 11.3 Å². The summed E-state index contributed by atoms with van der Waals surface area (Å²) in [6.07, 6.45) is 1.58. The van der Waals surface area contributed by atoms with Gasteiger partial charge in [0, 0.05) is 29.6 Å². The van der Waals surface area contributed by atoms with Gasteiger partial charge in [0.2, 0.25) is 5.91 Å². The van der Waals surface area contributed by atoms with E-state index in [1.807, 2.05) is 32.2 Å². The van der Waals surface area contributed by atoms with E-state index in [0.29, 0.717) is 24.8 Å². The number of urea groups is 1. The molecule has 34 heavy (non-hydrogen) atoms. The van der Waals surface area contributed by atoms with Gasteiger partial charge in [-0.3, -0.25) is 4.79 Å². The van der Waals surface area contributed by atoms with Crippen molar-refractivity contribution in [2.45, 2.75) is 59.0 Å². The molecule has 0 fully saturated rings. The third-order valence-corrected chi connectivity index (χ3v) is 6.69. The van der Waals surface area contributed by atoms with Gasteiger partial charge < -0.3 is 19.9 Å². The van der Waals surface area contributed by atoms with Crippen LogP contribution in [0.25, 0.3) is 0 Å². The van der Waals surface area contributed by atoms with Gasteiger partial charge >= 0.3 is 6.03 Å². The van der Waals surface area contributed by atoms with Crippen LogP contribution >= 0.6 is 11.3 Å². The number of carbonyl (C=O) groups excluding carboxylic acids is 2. The minimum atomic E-state index is -0.395. The van der Waals surface area contributed by atoms with Gasteiger partial charge in [0.05, 0.1) is 6.04 Å². The Labute approximate surface area is 206 Å². The fraction of sp³-hybridized carbons (Fsp3) is 0.538. The number of benzene rings is 1. The Hall–Kier alpha value is -2.61. The van der Waals surface area contributed by atoms with Crippen molar-refractivity contribution in [2.75, 3.05) is 26.2 Å². The monoisotopic (exact) mass is 489 g/mol. The maximum Gasteiger partial charge on any atom is 0.318 e. The Balaban J connectivity index is 1.76. The van der Waals surface area contributed by atoms with Gasteiger partial charge in [-0.2, -0.15) is 0 Å². The van der Waals surface area contributed by atoms with Crippen LogP contribution in [0.3, 0.4) is 0 Å². The predicted molar refractivity (Wildman–Crippen MR) is 134 cm³/mol. The van der Waals surface area contributed by atoms with E-state index >= 15 is 0 Å². The summed E-state index contributed by atoms with van der Waals surface area (Å²) in [5.41, 5.74) is 0.669. The number of thiophene rings is 1. The van der Waals surface area contributed by atoms with E-state index < -0.39 is 5.54 Å². The van der Waals surface area contributed by atoms with Crippen LogP contribution in [0.15, 0.2) is 35.7 Å². The van der Waals surface area contributed by atoms with Gasteiger partial charge in [0.1, 0.15) is 24.7 Å². The van der Waals surface area contributed by atoms with Crippen LogP contribution in [0.4, 0.5) is 9.18 Å². The molecule has 8 heteroatoms. The highest BCUT2D eigenvalue weighted by molar-refractivity contribution is 7.10. The van der Waals surface area contributed by atoms with E-state index in [1.54, 1.807) is 33.3 Å². The molecule has 186 valence electrons. The summed E-state index contributed by atoms with van der Waals surface area (Å²) in [7, 11) is 0. The Kier molecular flexibility index (Phi) is 8.57. The van der Waals surface area contributed by atoms with Gasteiger partial charge in [-0.05, 0) is 68.7 Å². The average Bonchev–Trinajstić information content (AvgIpc) is 3.22. The molecular formula is C26H36FN3O3S. The van der Waals surface area contributed by atoms with Crippen molar-refractivity contribution in [1.29, 1.82) is 0 Å². The highest BCUT2D eigenvalue weighted by Crippen LogP contribution is 2.34. The molecule has 0 radical (unpaired) electrons. The molecule has 6 nitrogen and oxygen atoms in total. The normalized spacial score (nSPS) is 15.7. The van der Waals surface area contributed by atoms with E-state index in [0.717, 1.165) is 18.4 Å². The first-order valence-electron chi connectivity index (χ1n) is 11.8. The molecule has 1 aromatic carbocycles. The second-order valence-corrected chi connectivity index (χ2v) is 11.2. The minimum Gasteiger partial charge on any atom is -0.491 e. The molecule has 1 unspecified atom stereocenters. The number of ether oxygens (including phenoxy) is 1. The number of carbonyl (C=O) groups is 2. The lowest BCUT2D eigenvalue weighted by atomic mass is 10.0. The maximum atomic E-state index is 13.6. The number of amides is 3. The largest absolute Gasteiger partial charge is 0.491 e. The number of hydrogen-bond donors (Lipinski definition) is 1. The Morgan fingerprint density at radius 2 is 2.06 bits per heavy atom. The maximum absolute atomic E-state index is 13.6. The van der Waals surface area contributed by atoms with Crippen molar-refractivity contribution in [1.82, 2.24) is 15.1 Å². The predicted octanol–water partition coefficient (Wildman–Crippen LogP) is 5.25. The van der Waals surface area contributed by atoms with Crippen LogP contribution in [0.1, 0.15) is 57.5 Å². The standard InChI is InChI=1S/C26H36FN3O3S/c1-18(2)9-12-29(25(32)28-26(3,4)5)16-24(31)30-13-10-23-21(11-14-34-23)22(30)17-33-20-8-6-7-19(27)15-20/h6-8,11,14-15,18,22H,9-10,12-13,16-17H2,1-5H3,(H,28,32). The van der Waals surface area contributed by atoms with Crippen LogP contribution in [-0.4, -0.2) is 53.5 Å². The van der Waals surface area contributed by atoms with Crippen molar-refractivity contribution in [2.24, 2.45) is 5.92 Å². The van der Waals surface area contributed by atoms with Crippen molar-refractivity contribution in [3.05, 3.63) is 52.0 Å². The molecule has 1 aliphatic heterocycles. The molecule has 3 amide bonds. The summed E-state index contributed by atoms with van der Waals surface area (Å²) in [5, 5.41) is 5.01. The second-order valence-electron chi connectivity index (χ2n) is 10.2. The van der Waals surface area contributed by atoms with Crippen LogP contribution in [0.5, 0.6) is 5.75 Å². The van der Waals surface area contributed by atoms with Crippen LogP contribution < -0.4 is 10.1 Å². The highest BCUT2D eigenvalue weighted by Gasteiger charge is 2.34. The number of fused-ring (bicyclic) bond motifs is 1. The third kappa shape index (κ3) is 7.19. The number of rotatable bonds is 8. The lowest BCUT2D eigenvalue weighted by Gasteiger charge is -2.37. The molecule has 0 bridgehead atoms. The van der Waals surface area contributed by atoms with Gasteiger partial charge in [0.15, 0.2) is 0 Å². The fourth-order valence-corrected chi connectivity index (χ4v) is 4.86. The Bertz CT molecular complexity index is 986. The first-order chi connectivity index (χ1) is 16.0. The summed E-state index contributed by atoms with van der Waals surface area (Å²) in [5.74, 6) is 0.363. The lowest BCUT2D eigenvalue weighted by molar-refractivity contribution is -0.135. The van der Waals surface area contributed by atoms with Crippen molar-refractivity contribution >= 4 is 23.3 Å². The van der Waals surface area contributed by atoms with Crippen LogP contribution in [0, 0.1) is 11.7 Å². The van der Waals surface area contributed by atoms with Gasteiger partial charge in [-0.25, -0.2) is 9.18 Å². The molecule has 0 saturated heterocycles. The summed E-state index contributed by atoms with van der Waals surface area (Å²) in [6, 6.07) is 7.53. The molecule has 3 rings (SSSR count). The van der Waals surface area contributed by atoms with Crippen LogP contribution in [-0.2, 0) is 11.2 Å². The van der Waals surface area contributed by atoms with E-state index in [-0.39, 0.29) is 36.9 Å². The van der Waals surface area contributed by atoms with E-state index in [4.69, 9.17) is 4.74 Å². The molecule has 1 N–H and O–H groups in total. The first kappa shape index (κ1) is 26.0. The molecular weight excluding hydrogens is 453 g/mol. The average molecular weight is 490 g/mol. The molecule has 2 heterocycles. The van der Waals surface area contributed by atoms with Crippen molar-refractivity contribution < 1.29 is 18.7 Å². The Morgan fingerprint density at radius 3 is 2.74 bits per heavy atom. The molecule has 1 atom stereocenters. The zero-order valence-corrected chi connectivity index (χ0v) is 21.6. The summed E-state index contributed by atoms with van der Waals surface area (Å²) < 4.78 is 19.5. The highest BCUT2D eigenvalue weighted by atomic mass is 32.1. The Morgan fingerprint density at radius 1 is 1.29 bits per heavy atom. The first-order valence-corrected chi connectivity index (χ1v) is 12.7. The van der Waals surface area contributed by atoms with E-state index in [1.165, 1.54) is 17.0 Å². The zero-order valence-electron chi connectivity index (χ0n) is 20.8. The fourth-order valence-electron chi connectivity index (χ4n) is 3.93. The summed E-state index contributed by atoms with van der Waals surface area (Å²) in [4.78, 5) is 31.1. The number of hydrogen-bond acceptors (Lipinski definition) is 4. The second kappa shape index (κ2) is 11.2. The molecule has 2 aromatic rings. The number of halogens is 1. The third-order valence-electron chi connectivity index (χ3n) is 5.69. The topological polar surface area (TPSA) is 61.9 Å². The van der Waals surface area contributed by atoms with E-state index in [9.17, 15) is 14.0 Å². The van der Waals surface area contributed by atoms with Crippen molar-refractivity contribution in [3.8, 4) is 5.75 Å². The molecule has 1 aromatic heterocycles. The van der Waals surface area contributed by atoms with Crippen LogP contribution in [0.2, 0.25) is 0 Å². The van der Waals surface area contributed by atoms with E-state index in [2.05, 4.69) is 19.2 Å². The summed E-state index contributed by atoms with van der Waals surface area (Å²) in [6.45, 7) is 11.3. The van der Waals surface area contributed by atoms with Gasteiger partial charge in [-0.1, -0.05) is 19.9 Å². The summed E-state index contributed by atoms with van der Waals surface area (Å²) >= 11 is 1.68. The molecule has 1 aliphatic rings. The molecule has 0 aliphatic carbocycles. The number of nitrogens with one attached hydrogen (secondary N) is 1. The molecule has 0 saturated carbocycles. The van der Waals surface area contributed by atoms with Gasteiger partial charge in [0.25, 0.3) is 0 Å². The smallest absolute Gasteiger partial charge is 0.318 e. The minimum absolute atomic E-state index is 0.00453. The number of nitrogens with zero attached hydrogens (tertiary/aromatic N) is 2. The SMILES string of the molecule is CC(C)CCN(CC(=O)N1CCc2sccc2C1COc1cccc(F)c1)C(=O)NC(C)(C)C. The molecule has 0 spiro atoms. The lowest BCUT2D eigenvalue weighted by Crippen LogP contribution is -2.53. The zero-order chi connectivity index (χ0) is 24.9. The van der Waals surface area contributed by atoms with Crippen molar-refractivity contribution in [3.63, 3.8) is 0 Å². The quantitative estimate of drug-likeness (QED) is 0.551.